The molecule has 7 heteroatoms. The molecule has 2 amide bonds. The number of thiazole rings is 1. The number of aromatic nitrogens is 2. The quantitative estimate of drug-likeness (QED) is 0.486. The number of likely N-dealkylation sites (tertiary alicyclic amines) is 1. The first-order valence-corrected chi connectivity index (χ1v) is 11.1. The van der Waals surface area contributed by atoms with Gasteiger partial charge in [0.05, 0.1) is 11.6 Å². The highest BCUT2D eigenvalue weighted by Crippen LogP contribution is 2.31. The van der Waals surface area contributed by atoms with Crippen molar-refractivity contribution < 1.29 is 9.59 Å². The van der Waals surface area contributed by atoms with Gasteiger partial charge in [-0.15, -0.1) is 11.3 Å². The number of fused-ring (bicyclic) bond motifs is 1. The summed E-state index contributed by atoms with van der Waals surface area (Å²) >= 11 is 1.39. The van der Waals surface area contributed by atoms with Crippen LogP contribution < -0.4 is 5.32 Å². The fourth-order valence-electron chi connectivity index (χ4n) is 3.96. The van der Waals surface area contributed by atoms with E-state index in [9.17, 15) is 9.59 Å². The Morgan fingerprint density at radius 1 is 1.23 bits per heavy atom. The average Bonchev–Trinajstić information content (AvgIpc) is 3.48. The van der Waals surface area contributed by atoms with Crippen LogP contribution in [-0.4, -0.2) is 33.2 Å². The smallest absolute Gasteiger partial charge is 0.231 e. The molecule has 0 saturated carbocycles. The minimum absolute atomic E-state index is 0.0133. The van der Waals surface area contributed by atoms with Gasteiger partial charge in [-0.25, -0.2) is 4.98 Å². The monoisotopic (exact) mass is 430 g/mol. The fraction of sp³-hybridized carbons (Fsp3) is 0.208. The van der Waals surface area contributed by atoms with Gasteiger partial charge < -0.3 is 15.2 Å². The number of carbonyl (C=O) groups is 2. The van der Waals surface area contributed by atoms with Gasteiger partial charge >= 0.3 is 0 Å². The molecule has 0 unspecified atom stereocenters. The molecule has 0 aliphatic carbocycles. The summed E-state index contributed by atoms with van der Waals surface area (Å²) in [5, 5.41) is 6.49. The predicted molar refractivity (Wildman–Crippen MR) is 123 cm³/mol. The van der Waals surface area contributed by atoms with E-state index in [1.54, 1.807) is 4.90 Å². The van der Waals surface area contributed by atoms with Gasteiger partial charge in [-0.1, -0.05) is 48.0 Å². The zero-order valence-corrected chi connectivity index (χ0v) is 17.9. The lowest BCUT2D eigenvalue weighted by Gasteiger charge is -2.16. The summed E-state index contributed by atoms with van der Waals surface area (Å²) in [6, 6.07) is 16.2. The summed E-state index contributed by atoms with van der Waals surface area (Å²) < 4.78 is 0. The molecule has 1 aliphatic rings. The van der Waals surface area contributed by atoms with E-state index in [-0.39, 0.29) is 24.2 Å². The van der Waals surface area contributed by atoms with Crippen LogP contribution >= 0.6 is 11.3 Å². The van der Waals surface area contributed by atoms with E-state index in [2.05, 4.69) is 15.3 Å². The van der Waals surface area contributed by atoms with Crippen molar-refractivity contribution in [2.75, 3.05) is 11.9 Å². The molecular weight excluding hydrogens is 408 g/mol. The molecule has 31 heavy (non-hydrogen) atoms. The molecule has 3 heterocycles. The van der Waals surface area contributed by atoms with Gasteiger partial charge in [-0.05, 0) is 18.6 Å². The van der Waals surface area contributed by atoms with Crippen molar-refractivity contribution in [2.45, 2.75) is 19.9 Å². The van der Waals surface area contributed by atoms with Gasteiger partial charge in [0, 0.05) is 47.6 Å². The van der Waals surface area contributed by atoms with Gasteiger partial charge in [-0.3, -0.25) is 9.59 Å². The van der Waals surface area contributed by atoms with Crippen LogP contribution in [0.1, 0.15) is 17.5 Å². The molecule has 1 aliphatic heterocycles. The standard InChI is InChI=1S/C24H22N4O2S/c1-15-6-8-16(9-7-15)12-28-13-17(10-22(28)29)23(30)27-24-26-21(14-31-24)19-11-25-20-5-3-2-4-18(19)20/h2-9,11,14,17,25H,10,12-13H2,1H3,(H,26,27,30)/t17-/m0/s1. The maximum atomic E-state index is 12.8. The first kappa shape index (κ1) is 19.5. The van der Waals surface area contributed by atoms with Crippen molar-refractivity contribution in [3.05, 3.63) is 71.2 Å². The van der Waals surface area contributed by atoms with E-state index in [0.717, 1.165) is 27.7 Å². The van der Waals surface area contributed by atoms with Crippen LogP contribution in [0.4, 0.5) is 5.13 Å². The number of aryl methyl sites for hydroxylation is 1. The lowest BCUT2D eigenvalue weighted by molar-refractivity contribution is -0.128. The van der Waals surface area contributed by atoms with Gasteiger partial charge in [0.15, 0.2) is 5.13 Å². The van der Waals surface area contributed by atoms with E-state index >= 15 is 0 Å². The van der Waals surface area contributed by atoms with Crippen LogP contribution in [0.25, 0.3) is 22.2 Å². The van der Waals surface area contributed by atoms with E-state index in [1.807, 2.05) is 67.0 Å². The fourth-order valence-corrected chi connectivity index (χ4v) is 4.67. The zero-order chi connectivity index (χ0) is 21.4. The van der Waals surface area contributed by atoms with Crippen molar-refractivity contribution in [3.8, 4) is 11.3 Å². The second-order valence-electron chi connectivity index (χ2n) is 7.94. The Bertz CT molecular complexity index is 1260. The minimum atomic E-state index is -0.363. The molecule has 5 rings (SSSR count). The second kappa shape index (κ2) is 8.00. The lowest BCUT2D eigenvalue weighted by atomic mass is 10.1. The Kier molecular flexibility index (Phi) is 5.03. The molecular formula is C24H22N4O2S. The number of para-hydroxylation sites is 1. The van der Waals surface area contributed by atoms with E-state index in [0.29, 0.717) is 18.2 Å². The Morgan fingerprint density at radius 3 is 2.87 bits per heavy atom. The number of rotatable bonds is 5. The van der Waals surface area contributed by atoms with Crippen LogP contribution in [-0.2, 0) is 16.1 Å². The highest BCUT2D eigenvalue weighted by molar-refractivity contribution is 7.14. The van der Waals surface area contributed by atoms with Gasteiger partial charge in [0.2, 0.25) is 11.8 Å². The molecule has 1 atom stereocenters. The predicted octanol–water partition coefficient (Wildman–Crippen LogP) is 4.59. The number of anilines is 1. The molecule has 0 spiro atoms. The topological polar surface area (TPSA) is 78.1 Å². The number of H-pyrrole nitrogens is 1. The Hall–Kier alpha value is -3.45. The number of benzene rings is 2. The lowest BCUT2D eigenvalue weighted by Crippen LogP contribution is -2.28. The van der Waals surface area contributed by atoms with Crippen LogP contribution in [0.5, 0.6) is 0 Å². The first-order valence-electron chi connectivity index (χ1n) is 10.2. The maximum Gasteiger partial charge on any atom is 0.231 e. The molecule has 4 aromatic rings. The normalized spacial score (nSPS) is 16.2. The number of amides is 2. The van der Waals surface area contributed by atoms with Gasteiger partial charge in [0.1, 0.15) is 0 Å². The van der Waals surface area contributed by atoms with Crippen molar-refractivity contribution in [1.29, 1.82) is 0 Å². The SMILES string of the molecule is Cc1ccc(CN2C[C@@H](C(=O)Nc3nc(-c4c[nH]c5ccccc45)cs3)CC2=O)cc1. The molecule has 2 aromatic carbocycles. The van der Waals surface area contributed by atoms with Crippen molar-refractivity contribution >= 4 is 39.2 Å². The molecule has 0 bridgehead atoms. The number of nitrogens with one attached hydrogen (secondary N) is 2. The molecule has 2 N–H and O–H groups in total. The Balaban J connectivity index is 1.24. The third kappa shape index (κ3) is 3.96. The van der Waals surface area contributed by atoms with Crippen LogP contribution in [0.3, 0.4) is 0 Å². The summed E-state index contributed by atoms with van der Waals surface area (Å²) in [5.74, 6) is -0.502. The minimum Gasteiger partial charge on any atom is -0.360 e. The molecule has 1 saturated heterocycles. The Morgan fingerprint density at radius 2 is 2.03 bits per heavy atom. The van der Waals surface area contributed by atoms with Gasteiger partial charge in [-0.2, -0.15) is 0 Å². The summed E-state index contributed by atoms with van der Waals surface area (Å²) in [5.41, 5.74) is 5.13. The summed E-state index contributed by atoms with van der Waals surface area (Å²) in [7, 11) is 0. The number of carbonyl (C=O) groups excluding carboxylic acids is 2. The van der Waals surface area contributed by atoms with Crippen molar-refractivity contribution in [3.63, 3.8) is 0 Å². The highest BCUT2D eigenvalue weighted by Gasteiger charge is 2.34. The summed E-state index contributed by atoms with van der Waals surface area (Å²) in [6.45, 7) is 3.00. The summed E-state index contributed by atoms with van der Waals surface area (Å²) in [6.07, 6.45) is 2.17. The van der Waals surface area contributed by atoms with Crippen molar-refractivity contribution in [1.82, 2.24) is 14.9 Å². The molecule has 6 nitrogen and oxygen atoms in total. The van der Waals surface area contributed by atoms with E-state index in [4.69, 9.17) is 0 Å². The number of nitrogens with zero attached hydrogens (tertiary/aromatic N) is 2. The Labute approximate surface area is 183 Å². The molecule has 0 radical (unpaired) electrons. The van der Waals surface area contributed by atoms with Crippen LogP contribution in [0, 0.1) is 12.8 Å². The zero-order valence-electron chi connectivity index (χ0n) is 17.1. The van der Waals surface area contributed by atoms with Gasteiger partial charge in [0.25, 0.3) is 0 Å². The second-order valence-corrected chi connectivity index (χ2v) is 8.79. The van der Waals surface area contributed by atoms with E-state index in [1.165, 1.54) is 16.9 Å². The molecule has 156 valence electrons. The summed E-state index contributed by atoms with van der Waals surface area (Å²) in [4.78, 5) is 34.8. The molecule has 1 fully saturated rings. The molecule has 2 aromatic heterocycles. The number of hydrogen-bond acceptors (Lipinski definition) is 4. The van der Waals surface area contributed by atoms with Crippen LogP contribution in [0.2, 0.25) is 0 Å². The van der Waals surface area contributed by atoms with Crippen molar-refractivity contribution in [2.24, 2.45) is 5.92 Å². The van der Waals surface area contributed by atoms with E-state index < -0.39 is 0 Å². The van der Waals surface area contributed by atoms with Crippen LogP contribution in [0.15, 0.2) is 60.1 Å². The largest absolute Gasteiger partial charge is 0.360 e. The third-order valence-corrected chi connectivity index (χ3v) is 6.44. The number of hydrogen-bond donors (Lipinski definition) is 2. The average molecular weight is 431 g/mol. The first-order chi connectivity index (χ1) is 15.1. The maximum absolute atomic E-state index is 12.8. The highest BCUT2D eigenvalue weighted by atomic mass is 32.1. The number of aromatic amines is 1. The third-order valence-electron chi connectivity index (χ3n) is 5.68.